The van der Waals surface area contributed by atoms with Crippen molar-refractivity contribution in [1.29, 1.82) is 0 Å². The Morgan fingerprint density at radius 3 is 1.14 bits per heavy atom. The summed E-state index contributed by atoms with van der Waals surface area (Å²) in [5, 5.41) is 4.43. The maximum absolute atomic E-state index is 14.1. The molecule has 2 fully saturated rings. The van der Waals surface area contributed by atoms with E-state index >= 15 is 0 Å². The first kappa shape index (κ1) is 45.8. The maximum atomic E-state index is 14.1. The minimum Gasteiger partial charge on any atom is -0.431 e. The zero-order valence-electron chi connectivity index (χ0n) is 34.8. The number of nitrogens with one attached hydrogen (secondary N) is 2. The molecule has 334 valence electrons. The van der Waals surface area contributed by atoms with Gasteiger partial charge in [-0.1, -0.05) is 49.2 Å². The van der Waals surface area contributed by atoms with Gasteiger partial charge in [0.2, 0.25) is 11.6 Å². The van der Waals surface area contributed by atoms with Gasteiger partial charge in [-0.25, -0.2) is 38.5 Å². The van der Waals surface area contributed by atoms with Gasteiger partial charge >= 0.3 is 36.4 Å². The van der Waals surface area contributed by atoms with Crippen molar-refractivity contribution >= 4 is 48.0 Å². The third kappa shape index (κ3) is 11.6. The molecule has 0 bridgehead atoms. The van der Waals surface area contributed by atoms with Crippen LogP contribution in [0.5, 0.6) is 23.0 Å². The second-order valence-electron chi connectivity index (χ2n) is 14.5. The van der Waals surface area contributed by atoms with E-state index in [1.54, 1.807) is 0 Å². The summed E-state index contributed by atoms with van der Waals surface area (Å²) >= 11 is 0. The summed E-state index contributed by atoms with van der Waals surface area (Å²) < 4.78 is 32.4. The molecule has 0 heterocycles. The Morgan fingerprint density at radius 2 is 0.766 bits per heavy atom. The number of ketones is 2. The van der Waals surface area contributed by atoms with E-state index < -0.39 is 70.6 Å². The fourth-order valence-electron chi connectivity index (χ4n) is 7.07. The van der Waals surface area contributed by atoms with Crippen LogP contribution in [0.1, 0.15) is 117 Å². The molecule has 6 rings (SSSR count). The Morgan fingerprint density at radius 1 is 0.422 bits per heavy atom. The minimum absolute atomic E-state index is 0.159. The van der Waals surface area contributed by atoms with Crippen LogP contribution in [0, 0.1) is 0 Å². The molecule has 2 aliphatic carbocycles. The molecule has 2 aliphatic rings. The van der Waals surface area contributed by atoms with Gasteiger partial charge in [0.25, 0.3) is 0 Å². The van der Waals surface area contributed by atoms with E-state index in [4.69, 9.17) is 38.2 Å². The Bertz CT molecular complexity index is 2250. The molecule has 0 saturated heterocycles. The van der Waals surface area contributed by atoms with E-state index in [0.717, 1.165) is 50.7 Å². The zero-order valence-corrected chi connectivity index (χ0v) is 34.8. The molecule has 0 radical (unpaired) electrons. The molecule has 2 amide bonds. The van der Waals surface area contributed by atoms with Gasteiger partial charge in [-0.3, -0.25) is 9.59 Å². The van der Waals surface area contributed by atoms with Crippen LogP contribution >= 0.6 is 0 Å². The van der Waals surface area contributed by atoms with Crippen molar-refractivity contribution in [2.45, 2.75) is 76.4 Å². The first-order chi connectivity index (χ1) is 31.0. The number of ether oxygens (including phenoxy) is 6. The van der Waals surface area contributed by atoms with E-state index in [2.05, 4.69) is 10.6 Å². The average molecular weight is 881 g/mol. The van der Waals surface area contributed by atoms with Crippen LogP contribution in [0.3, 0.4) is 0 Å². The molecule has 18 nitrogen and oxygen atoms in total. The predicted octanol–water partition coefficient (Wildman–Crippen LogP) is 8.21. The van der Waals surface area contributed by atoms with Gasteiger partial charge in [-0.15, -0.1) is 0 Å². The molecular weight excluding hydrogens is 837 g/mol. The Kier molecular flexibility index (Phi) is 15.6. The molecule has 2 saturated carbocycles. The highest BCUT2D eigenvalue weighted by atomic mass is 17.2. The summed E-state index contributed by atoms with van der Waals surface area (Å²) in [6.07, 6.45) is 3.46. The number of carbonyl (C=O) groups excluding carboxylic acids is 8. The van der Waals surface area contributed by atoms with Crippen molar-refractivity contribution in [2.75, 3.05) is 14.1 Å². The average Bonchev–Trinajstić information content (AvgIpc) is 3.31. The monoisotopic (exact) mass is 880 g/mol. The van der Waals surface area contributed by atoms with Gasteiger partial charge < -0.3 is 39.1 Å². The van der Waals surface area contributed by atoms with E-state index in [1.165, 1.54) is 86.9 Å². The SMILES string of the molecule is CNC(=O)Oc1c(C(=O)OOC(=O)c2cccc(C(=O)c3ccccc3OC(=O)OC3CCCCC3)c2OC(=O)NC)cccc1C(=O)c1ccccc1OC(=O)OC1CCCCC1. The smallest absolute Gasteiger partial charge is 0.431 e. The molecule has 0 aliphatic heterocycles. The Hall–Kier alpha value is -7.76. The van der Waals surface area contributed by atoms with E-state index in [-0.39, 0.29) is 46.0 Å². The van der Waals surface area contributed by atoms with Gasteiger partial charge in [0.05, 0.1) is 22.3 Å². The molecule has 64 heavy (non-hydrogen) atoms. The van der Waals surface area contributed by atoms with Gasteiger partial charge in [0.15, 0.2) is 11.5 Å². The highest BCUT2D eigenvalue weighted by Gasteiger charge is 2.31. The van der Waals surface area contributed by atoms with Gasteiger partial charge in [-0.05, 0) is 99.9 Å². The number of hydrogen-bond donors (Lipinski definition) is 2. The van der Waals surface area contributed by atoms with Gasteiger partial charge in [0.1, 0.15) is 34.8 Å². The van der Waals surface area contributed by atoms with Crippen molar-refractivity contribution < 1.29 is 76.6 Å². The number of carbonyl (C=O) groups is 8. The lowest BCUT2D eigenvalue weighted by molar-refractivity contribution is -0.187. The summed E-state index contributed by atoms with van der Waals surface area (Å²) in [7, 11) is 2.45. The van der Waals surface area contributed by atoms with Crippen LogP contribution in [0.4, 0.5) is 19.2 Å². The zero-order chi connectivity index (χ0) is 45.6. The van der Waals surface area contributed by atoms with Crippen LogP contribution in [0.2, 0.25) is 0 Å². The molecule has 2 N–H and O–H groups in total. The van der Waals surface area contributed by atoms with Crippen molar-refractivity contribution in [2.24, 2.45) is 0 Å². The molecule has 18 heteroatoms. The van der Waals surface area contributed by atoms with Crippen LogP contribution in [-0.2, 0) is 19.2 Å². The van der Waals surface area contributed by atoms with Crippen molar-refractivity contribution in [3.63, 3.8) is 0 Å². The topological polar surface area (TPSA) is 234 Å². The number of benzene rings is 4. The van der Waals surface area contributed by atoms with Crippen LogP contribution < -0.4 is 29.6 Å². The summed E-state index contributed by atoms with van der Waals surface area (Å²) in [4.78, 5) is 116. The third-order valence-electron chi connectivity index (χ3n) is 10.2. The summed E-state index contributed by atoms with van der Waals surface area (Å²) in [5.41, 5.74) is -2.18. The fraction of sp³-hybridized carbons (Fsp3) is 0.304. The van der Waals surface area contributed by atoms with Crippen LogP contribution in [-0.4, -0.2) is 74.3 Å². The molecule has 0 atom stereocenters. The minimum atomic E-state index is -1.44. The molecule has 4 aromatic rings. The number of rotatable bonds is 12. The number of para-hydroxylation sites is 4. The normalized spacial score (nSPS) is 13.8. The lowest BCUT2D eigenvalue weighted by Crippen LogP contribution is -2.26. The fourth-order valence-corrected chi connectivity index (χ4v) is 7.07. The quantitative estimate of drug-likeness (QED) is 0.0448. The van der Waals surface area contributed by atoms with Crippen LogP contribution in [0.15, 0.2) is 84.9 Å². The Labute approximate surface area is 366 Å². The molecule has 0 aromatic heterocycles. The van der Waals surface area contributed by atoms with E-state index in [0.29, 0.717) is 25.7 Å². The Balaban J connectivity index is 1.23. The highest BCUT2D eigenvalue weighted by Crippen LogP contribution is 2.34. The lowest BCUT2D eigenvalue weighted by atomic mass is 9.98. The first-order valence-corrected chi connectivity index (χ1v) is 20.5. The van der Waals surface area contributed by atoms with Gasteiger partial charge in [-0.2, -0.15) is 0 Å². The van der Waals surface area contributed by atoms with E-state index in [1.807, 2.05) is 0 Å². The number of amides is 2. The third-order valence-corrected chi connectivity index (χ3v) is 10.2. The van der Waals surface area contributed by atoms with Crippen molar-refractivity contribution in [3.8, 4) is 23.0 Å². The largest absolute Gasteiger partial charge is 0.514 e. The number of hydrogen-bond acceptors (Lipinski definition) is 16. The van der Waals surface area contributed by atoms with E-state index in [9.17, 15) is 38.4 Å². The van der Waals surface area contributed by atoms with Gasteiger partial charge in [0, 0.05) is 14.1 Å². The predicted molar refractivity (Wildman–Crippen MR) is 222 cm³/mol. The lowest BCUT2D eigenvalue weighted by Gasteiger charge is -2.21. The maximum Gasteiger partial charge on any atom is 0.514 e. The molecule has 0 spiro atoms. The molecule has 0 unspecified atom stereocenters. The summed E-state index contributed by atoms with van der Waals surface area (Å²) in [6, 6.07) is 18.6. The molecule has 4 aromatic carbocycles. The first-order valence-electron chi connectivity index (χ1n) is 20.5. The summed E-state index contributed by atoms with van der Waals surface area (Å²) in [5.74, 6) is -6.16. The second-order valence-corrected chi connectivity index (χ2v) is 14.5. The second kappa shape index (κ2) is 21.9. The van der Waals surface area contributed by atoms with Crippen molar-refractivity contribution in [3.05, 3.63) is 118 Å². The van der Waals surface area contributed by atoms with Crippen LogP contribution in [0.25, 0.3) is 0 Å². The van der Waals surface area contributed by atoms with Crippen molar-refractivity contribution in [1.82, 2.24) is 10.6 Å². The summed E-state index contributed by atoms with van der Waals surface area (Å²) in [6.45, 7) is 0. The highest BCUT2D eigenvalue weighted by molar-refractivity contribution is 6.15. The molecular formula is C46H44N2O16. The standard InChI is InChI=1S/C46H44N2O16/c1-47-43(53)61-39-31(37(49)29-19-9-11-25-35(29)59-45(55)57-27-15-5-3-6-16-27)21-13-23-33(39)41(51)63-64-42(52)34-24-14-22-32(40(34)62-44(54)48-2)38(50)30-20-10-12-26-36(30)60-46(56)58-28-17-7-4-8-18-28/h9-14,19-28H,3-8,15-18H2,1-2H3,(H,47,53)(H,48,54).